The number of carbonyl (C=O) groups excluding carboxylic acids is 3. The summed E-state index contributed by atoms with van der Waals surface area (Å²) < 4.78 is 27.4. The molecule has 0 aliphatic carbocycles. The van der Waals surface area contributed by atoms with Gasteiger partial charge >= 0.3 is 0 Å². The van der Waals surface area contributed by atoms with E-state index < -0.39 is 57.3 Å². The molecule has 2 aromatic rings. The Labute approximate surface area is 255 Å². The Morgan fingerprint density at radius 1 is 1.09 bits per heavy atom. The fourth-order valence-corrected chi connectivity index (χ4v) is 5.30. The van der Waals surface area contributed by atoms with Gasteiger partial charge in [0.2, 0.25) is 27.7 Å². The Kier molecular flexibility index (Phi) is 13.8. The van der Waals surface area contributed by atoms with Gasteiger partial charge in [-0.3, -0.25) is 29.3 Å². The van der Waals surface area contributed by atoms with E-state index in [0.29, 0.717) is 44.3 Å². The summed E-state index contributed by atoms with van der Waals surface area (Å²) in [6.45, 7) is 3.08. The predicted molar refractivity (Wildman–Crippen MR) is 161 cm³/mol. The van der Waals surface area contributed by atoms with Crippen molar-refractivity contribution in [2.45, 2.75) is 62.9 Å². The molecule has 0 aromatic heterocycles. The number of sulfonamides is 1. The fraction of sp³-hybridized carbons (Fsp3) is 0.429. The lowest BCUT2D eigenvalue weighted by molar-refractivity contribution is -0.384. The first kappa shape index (κ1) is 35.8. The molecular formula is C28H38N6O9S. The zero-order valence-corrected chi connectivity index (χ0v) is 25.3. The molecule has 0 radical (unpaired) electrons. The Morgan fingerprint density at radius 2 is 1.70 bits per heavy atom. The third kappa shape index (κ3) is 11.3. The van der Waals surface area contributed by atoms with Crippen molar-refractivity contribution in [3.8, 4) is 0 Å². The second-order valence-corrected chi connectivity index (χ2v) is 11.8. The monoisotopic (exact) mass is 634 g/mol. The van der Waals surface area contributed by atoms with Crippen LogP contribution in [0.2, 0.25) is 0 Å². The minimum Gasteiger partial charge on any atom is -0.481 e. The van der Waals surface area contributed by atoms with Crippen LogP contribution >= 0.6 is 0 Å². The molecule has 3 amide bonds. The van der Waals surface area contributed by atoms with Gasteiger partial charge in [0.1, 0.15) is 12.1 Å². The van der Waals surface area contributed by atoms with Crippen LogP contribution in [0.3, 0.4) is 0 Å². The van der Waals surface area contributed by atoms with E-state index in [1.54, 1.807) is 12.1 Å². The number of carbonyl (C=O) groups is 4. The number of hydrogen-bond donors (Lipinski definition) is 5. The zero-order valence-electron chi connectivity index (χ0n) is 24.5. The molecule has 2 unspecified atom stereocenters. The van der Waals surface area contributed by atoms with E-state index in [-0.39, 0.29) is 17.1 Å². The number of non-ortho nitro benzene ring substituents is 1. The Morgan fingerprint density at radius 3 is 2.27 bits per heavy atom. The number of nitrogens with one attached hydrogen (secondary N) is 3. The number of rotatable bonds is 13. The van der Waals surface area contributed by atoms with Gasteiger partial charge in [-0.2, -0.15) is 0 Å². The first-order chi connectivity index (χ1) is 20.7. The number of benzene rings is 2. The summed E-state index contributed by atoms with van der Waals surface area (Å²) >= 11 is 0. The highest BCUT2D eigenvalue weighted by atomic mass is 32.2. The summed E-state index contributed by atoms with van der Waals surface area (Å²) in [4.78, 5) is 59.8. The average molecular weight is 635 g/mol. The molecule has 1 saturated heterocycles. The number of nitrogens with zero attached hydrogens (tertiary/aromatic N) is 2. The SMILES string of the molecule is CC(=O)O.Cc1ccc(S(=O)(=O)NCC(=O)N2CCCC2C(=O)NC(CCCCN)C(=O)Nc2ccc([N+](=O)[O-])cc2)cc1. The summed E-state index contributed by atoms with van der Waals surface area (Å²) in [6, 6.07) is 9.69. The molecule has 0 saturated carbocycles. The predicted octanol–water partition coefficient (Wildman–Crippen LogP) is 1.52. The van der Waals surface area contributed by atoms with E-state index >= 15 is 0 Å². The second-order valence-electron chi connectivity index (χ2n) is 10.0. The summed E-state index contributed by atoms with van der Waals surface area (Å²) in [5, 5.41) is 23.7. The molecule has 44 heavy (non-hydrogen) atoms. The van der Waals surface area contributed by atoms with Gasteiger partial charge in [-0.15, -0.1) is 0 Å². The highest BCUT2D eigenvalue weighted by Crippen LogP contribution is 2.20. The van der Waals surface area contributed by atoms with Crippen LogP contribution in [-0.2, 0) is 29.2 Å². The van der Waals surface area contributed by atoms with Gasteiger partial charge in [0.15, 0.2) is 0 Å². The van der Waals surface area contributed by atoms with Crippen LogP contribution in [0, 0.1) is 17.0 Å². The van der Waals surface area contributed by atoms with Gasteiger partial charge in [0.05, 0.1) is 16.4 Å². The van der Waals surface area contributed by atoms with Crippen molar-refractivity contribution >= 4 is 45.1 Å². The molecule has 16 heteroatoms. The molecule has 1 fully saturated rings. The lowest BCUT2D eigenvalue weighted by atomic mass is 10.1. The second kappa shape index (κ2) is 17.0. The number of nitrogens with two attached hydrogens (primary N) is 1. The van der Waals surface area contributed by atoms with Crippen molar-refractivity contribution in [3.63, 3.8) is 0 Å². The molecule has 0 bridgehead atoms. The molecule has 0 spiro atoms. The molecule has 6 N–H and O–H groups in total. The maximum atomic E-state index is 13.2. The average Bonchev–Trinajstić information content (AvgIpc) is 3.46. The number of carboxylic acid groups (broad SMARTS) is 1. The van der Waals surface area contributed by atoms with Crippen molar-refractivity contribution in [1.82, 2.24) is 14.9 Å². The standard InChI is InChI=1S/C26H34N6O7S.C2H4O2/c1-18-7-13-21(14-8-18)40(38,39)28-17-24(33)31-16-4-6-23(31)26(35)30-22(5-2-3-15-27)25(34)29-19-9-11-20(12-10-19)32(36)37;1-2(3)4/h7-14,22-23,28H,2-6,15-17,27H2,1H3,(H,29,34)(H,30,35);1H3,(H,3,4). The van der Waals surface area contributed by atoms with Crippen molar-refractivity contribution in [3.05, 3.63) is 64.2 Å². The Hall–Kier alpha value is -4.41. The van der Waals surface area contributed by atoms with Gasteiger partial charge in [0, 0.05) is 31.3 Å². The lowest BCUT2D eigenvalue weighted by Gasteiger charge is -2.26. The van der Waals surface area contributed by atoms with Crippen LogP contribution in [0.15, 0.2) is 53.4 Å². The molecule has 15 nitrogen and oxygen atoms in total. The number of anilines is 1. The van der Waals surface area contributed by atoms with E-state index in [1.165, 1.54) is 41.3 Å². The third-order valence-corrected chi connectivity index (χ3v) is 7.96. The van der Waals surface area contributed by atoms with Gasteiger partial charge in [0.25, 0.3) is 11.7 Å². The first-order valence-corrected chi connectivity index (χ1v) is 15.3. The first-order valence-electron chi connectivity index (χ1n) is 13.9. The van der Waals surface area contributed by atoms with E-state index in [4.69, 9.17) is 15.6 Å². The Balaban J connectivity index is 0.00000159. The van der Waals surface area contributed by atoms with Crippen molar-refractivity contribution in [2.24, 2.45) is 5.73 Å². The number of hydrogen-bond acceptors (Lipinski definition) is 9. The largest absolute Gasteiger partial charge is 0.481 e. The van der Waals surface area contributed by atoms with Crippen molar-refractivity contribution in [1.29, 1.82) is 0 Å². The number of carboxylic acids is 1. The molecule has 2 atom stereocenters. The summed E-state index contributed by atoms with van der Waals surface area (Å²) in [5.41, 5.74) is 6.66. The quantitative estimate of drug-likeness (QED) is 0.121. The number of nitro benzene ring substituents is 1. The maximum absolute atomic E-state index is 13.2. The molecule has 240 valence electrons. The smallest absolute Gasteiger partial charge is 0.300 e. The van der Waals surface area contributed by atoms with Gasteiger partial charge < -0.3 is 26.4 Å². The van der Waals surface area contributed by atoms with E-state index in [2.05, 4.69) is 15.4 Å². The van der Waals surface area contributed by atoms with Gasteiger partial charge in [-0.05, 0) is 69.8 Å². The zero-order chi connectivity index (χ0) is 32.9. The molecule has 3 rings (SSSR count). The van der Waals surface area contributed by atoms with Crippen LogP contribution in [0.1, 0.15) is 44.6 Å². The Bertz CT molecular complexity index is 1410. The number of aryl methyl sites for hydroxylation is 1. The van der Waals surface area contributed by atoms with Crippen molar-refractivity contribution < 1.29 is 37.6 Å². The molecule has 1 heterocycles. The highest BCUT2D eigenvalue weighted by molar-refractivity contribution is 7.89. The molecular weight excluding hydrogens is 596 g/mol. The normalized spacial score (nSPS) is 15.0. The third-order valence-electron chi connectivity index (χ3n) is 6.55. The van der Waals surface area contributed by atoms with E-state index in [0.717, 1.165) is 12.5 Å². The summed E-state index contributed by atoms with van der Waals surface area (Å²) in [7, 11) is -3.92. The van der Waals surface area contributed by atoms with Crippen molar-refractivity contribution in [2.75, 3.05) is 25.0 Å². The van der Waals surface area contributed by atoms with Crippen LogP contribution in [-0.4, -0.2) is 78.8 Å². The van der Waals surface area contributed by atoms with Crippen LogP contribution in [0.4, 0.5) is 11.4 Å². The minimum absolute atomic E-state index is 0.0287. The van der Waals surface area contributed by atoms with E-state index in [1.807, 2.05) is 6.92 Å². The number of aliphatic carboxylic acids is 1. The molecule has 2 aromatic carbocycles. The topological polar surface area (TPSA) is 231 Å². The number of likely N-dealkylation sites (tertiary alicyclic amines) is 1. The number of unbranched alkanes of at least 4 members (excludes halogenated alkanes) is 1. The van der Waals surface area contributed by atoms with Gasteiger partial charge in [-0.25, -0.2) is 13.1 Å². The molecule has 1 aliphatic rings. The summed E-state index contributed by atoms with van der Waals surface area (Å²) in [6.07, 6.45) is 2.39. The minimum atomic E-state index is -3.92. The van der Waals surface area contributed by atoms with Crippen LogP contribution < -0.4 is 21.1 Å². The molecule has 1 aliphatic heterocycles. The summed E-state index contributed by atoms with van der Waals surface area (Å²) in [5.74, 6) is -2.42. The van der Waals surface area contributed by atoms with Crippen LogP contribution in [0.5, 0.6) is 0 Å². The number of nitro groups is 1. The van der Waals surface area contributed by atoms with E-state index in [9.17, 15) is 32.9 Å². The fourth-order valence-electron chi connectivity index (χ4n) is 4.32. The van der Waals surface area contributed by atoms with Crippen LogP contribution in [0.25, 0.3) is 0 Å². The lowest BCUT2D eigenvalue weighted by Crippen LogP contribution is -2.53. The number of amides is 3. The highest BCUT2D eigenvalue weighted by Gasteiger charge is 2.36. The van der Waals surface area contributed by atoms with Gasteiger partial charge in [-0.1, -0.05) is 17.7 Å². The maximum Gasteiger partial charge on any atom is 0.300 e.